The lowest BCUT2D eigenvalue weighted by molar-refractivity contribution is -0.155. The van der Waals surface area contributed by atoms with Gasteiger partial charge in [-0.05, 0) is 66.7 Å². The van der Waals surface area contributed by atoms with Gasteiger partial charge in [0.15, 0.2) is 0 Å². The zero-order valence-corrected chi connectivity index (χ0v) is 16.2. The Labute approximate surface area is 160 Å². The Morgan fingerprint density at radius 1 is 1.19 bits per heavy atom. The fourth-order valence-corrected chi connectivity index (χ4v) is 6.18. The Kier molecular flexibility index (Phi) is 4.53. The van der Waals surface area contributed by atoms with Crippen molar-refractivity contribution in [2.24, 2.45) is 17.3 Å². The first kappa shape index (κ1) is 18.5. The SMILES string of the molecule is CC(=O)Oc1ccc2c(c1)CC[C@@H]1[C@@H]2CC[C@]2(C)C(OC(C)=O)CC(O)[C@@H]12. The lowest BCUT2D eigenvalue weighted by atomic mass is 9.55. The number of hydrogen-bond acceptors (Lipinski definition) is 5. The van der Waals surface area contributed by atoms with E-state index in [9.17, 15) is 14.7 Å². The molecule has 1 aromatic rings. The molecule has 0 aliphatic heterocycles. The molecule has 2 saturated carbocycles. The van der Waals surface area contributed by atoms with Crippen molar-refractivity contribution >= 4 is 11.9 Å². The molecular weight excluding hydrogens is 344 g/mol. The maximum Gasteiger partial charge on any atom is 0.308 e. The Morgan fingerprint density at radius 3 is 2.67 bits per heavy atom. The molecule has 1 N–H and O–H groups in total. The number of aryl methyl sites for hydroxylation is 1. The minimum absolute atomic E-state index is 0.151. The maximum atomic E-state index is 11.5. The van der Waals surface area contributed by atoms with Crippen LogP contribution in [0.3, 0.4) is 0 Å². The van der Waals surface area contributed by atoms with Crippen LogP contribution in [0.1, 0.15) is 63.5 Å². The van der Waals surface area contributed by atoms with Gasteiger partial charge in [0.25, 0.3) is 0 Å². The van der Waals surface area contributed by atoms with Crippen molar-refractivity contribution in [3.05, 3.63) is 29.3 Å². The Balaban J connectivity index is 1.62. The maximum absolute atomic E-state index is 11.5. The summed E-state index contributed by atoms with van der Waals surface area (Å²) in [5, 5.41) is 10.9. The number of carbonyl (C=O) groups is 2. The van der Waals surface area contributed by atoms with E-state index in [2.05, 4.69) is 13.0 Å². The number of benzene rings is 1. The summed E-state index contributed by atoms with van der Waals surface area (Å²) in [6.07, 6.45) is 3.83. The van der Waals surface area contributed by atoms with Crippen molar-refractivity contribution < 1.29 is 24.2 Å². The highest BCUT2D eigenvalue weighted by molar-refractivity contribution is 5.69. The first-order valence-electron chi connectivity index (χ1n) is 9.96. The summed E-state index contributed by atoms with van der Waals surface area (Å²) >= 11 is 0. The van der Waals surface area contributed by atoms with Crippen LogP contribution in [0, 0.1) is 17.3 Å². The molecule has 0 saturated heterocycles. The lowest BCUT2D eigenvalue weighted by Gasteiger charge is -2.50. The summed E-state index contributed by atoms with van der Waals surface area (Å²) < 4.78 is 10.9. The number of rotatable bonds is 2. The molecule has 0 heterocycles. The van der Waals surface area contributed by atoms with Crippen LogP contribution in [0.25, 0.3) is 0 Å². The van der Waals surface area contributed by atoms with E-state index in [0.717, 1.165) is 25.7 Å². The van der Waals surface area contributed by atoms with E-state index in [1.165, 1.54) is 25.0 Å². The van der Waals surface area contributed by atoms with Gasteiger partial charge >= 0.3 is 11.9 Å². The van der Waals surface area contributed by atoms with Crippen LogP contribution in [0.5, 0.6) is 5.75 Å². The zero-order chi connectivity index (χ0) is 19.3. The number of fused-ring (bicyclic) bond motifs is 5. The van der Waals surface area contributed by atoms with E-state index in [4.69, 9.17) is 9.47 Å². The normalized spacial score (nSPS) is 37.0. The lowest BCUT2D eigenvalue weighted by Crippen LogP contribution is -2.47. The largest absolute Gasteiger partial charge is 0.462 e. The molecule has 3 aliphatic carbocycles. The van der Waals surface area contributed by atoms with E-state index in [-0.39, 0.29) is 29.4 Å². The second-order valence-corrected chi connectivity index (χ2v) is 8.73. The fraction of sp³-hybridized carbons (Fsp3) is 0.636. The summed E-state index contributed by atoms with van der Waals surface area (Å²) in [5.74, 6) is 0.999. The number of hydrogen-bond donors (Lipinski definition) is 1. The van der Waals surface area contributed by atoms with Crippen LogP contribution in [0.4, 0.5) is 0 Å². The molecule has 2 fully saturated rings. The van der Waals surface area contributed by atoms with E-state index in [1.54, 1.807) is 0 Å². The Bertz CT molecular complexity index is 772. The molecule has 146 valence electrons. The smallest absolute Gasteiger partial charge is 0.308 e. The molecule has 2 unspecified atom stereocenters. The Morgan fingerprint density at radius 2 is 1.96 bits per heavy atom. The summed E-state index contributed by atoms with van der Waals surface area (Å²) in [4.78, 5) is 22.8. The highest BCUT2D eigenvalue weighted by Gasteiger charge is 2.59. The van der Waals surface area contributed by atoms with Gasteiger partial charge in [-0.25, -0.2) is 0 Å². The number of aliphatic hydroxyl groups is 1. The molecule has 0 radical (unpaired) electrons. The molecule has 0 spiro atoms. The Hall–Kier alpha value is -1.88. The van der Waals surface area contributed by atoms with Crippen molar-refractivity contribution in [1.82, 2.24) is 0 Å². The van der Waals surface area contributed by atoms with Crippen LogP contribution < -0.4 is 4.74 Å². The van der Waals surface area contributed by atoms with Gasteiger partial charge in [0.1, 0.15) is 11.9 Å². The van der Waals surface area contributed by atoms with Crippen molar-refractivity contribution in [2.75, 3.05) is 0 Å². The summed E-state index contributed by atoms with van der Waals surface area (Å²) in [6, 6.07) is 5.97. The second kappa shape index (κ2) is 6.62. The van der Waals surface area contributed by atoms with Gasteiger partial charge < -0.3 is 14.6 Å². The van der Waals surface area contributed by atoms with Gasteiger partial charge in [0.05, 0.1) is 6.10 Å². The second-order valence-electron chi connectivity index (χ2n) is 8.73. The molecule has 0 amide bonds. The van der Waals surface area contributed by atoms with Crippen molar-refractivity contribution in [3.63, 3.8) is 0 Å². The van der Waals surface area contributed by atoms with E-state index in [1.807, 2.05) is 12.1 Å². The van der Waals surface area contributed by atoms with Crippen LogP contribution in [0.2, 0.25) is 0 Å². The molecule has 5 nitrogen and oxygen atoms in total. The standard InChI is InChI=1S/C22H28O5/c1-12(23)26-15-5-7-16-14(10-15)4-6-18-17(16)8-9-22(3)20(27-13(2)24)11-19(25)21(18)22/h5,7,10,17-21,25H,4,6,8-9,11H2,1-3H3/t17-,18-,19?,20?,21-,22-/m1/s1. The van der Waals surface area contributed by atoms with Gasteiger partial charge in [-0.3, -0.25) is 9.59 Å². The van der Waals surface area contributed by atoms with Gasteiger partial charge in [-0.2, -0.15) is 0 Å². The van der Waals surface area contributed by atoms with Gasteiger partial charge in [0, 0.05) is 25.7 Å². The molecule has 4 rings (SSSR count). The molecular formula is C22H28O5. The molecule has 3 aliphatic rings. The zero-order valence-electron chi connectivity index (χ0n) is 16.2. The summed E-state index contributed by atoms with van der Waals surface area (Å²) in [5.41, 5.74) is 2.43. The molecule has 6 atom stereocenters. The minimum Gasteiger partial charge on any atom is -0.462 e. The van der Waals surface area contributed by atoms with Crippen LogP contribution in [0.15, 0.2) is 18.2 Å². The highest BCUT2D eigenvalue weighted by atomic mass is 16.5. The predicted octanol–water partition coefficient (Wildman–Crippen LogP) is 3.37. The quantitative estimate of drug-likeness (QED) is 0.636. The third-order valence-corrected chi connectivity index (χ3v) is 7.17. The first-order valence-corrected chi connectivity index (χ1v) is 9.96. The third kappa shape index (κ3) is 3.06. The third-order valence-electron chi connectivity index (χ3n) is 7.17. The molecule has 0 aromatic heterocycles. The van der Waals surface area contributed by atoms with E-state index >= 15 is 0 Å². The summed E-state index contributed by atoms with van der Waals surface area (Å²) in [7, 11) is 0. The average molecular weight is 372 g/mol. The van der Waals surface area contributed by atoms with Gasteiger partial charge in [0.2, 0.25) is 0 Å². The van der Waals surface area contributed by atoms with Crippen molar-refractivity contribution in [1.29, 1.82) is 0 Å². The van der Waals surface area contributed by atoms with Crippen LogP contribution in [-0.4, -0.2) is 29.3 Å². The van der Waals surface area contributed by atoms with Gasteiger partial charge in [-0.1, -0.05) is 13.0 Å². The molecule has 27 heavy (non-hydrogen) atoms. The van der Waals surface area contributed by atoms with Gasteiger partial charge in [-0.15, -0.1) is 0 Å². The molecule has 1 aromatic carbocycles. The van der Waals surface area contributed by atoms with E-state index in [0.29, 0.717) is 24.0 Å². The van der Waals surface area contributed by atoms with Crippen molar-refractivity contribution in [3.8, 4) is 5.75 Å². The average Bonchev–Trinajstić information content (AvgIpc) is 2.83. The summed E-state index contributed by atoms with van der Waals surface area (Å²) in [6.45, 7) is 5.06. The topological polar surface area (TPSA) is 72.8 Å². The van der Waals surface area contributed by atoms with Crippen molar-refractivity contribution in [2.45, 2.75) is 71.0 Å². The number of esters is 2. The van der Waals surface area contributed by atoms with Crippen LogP contribution >= 0.6 is 0 Å². The molecule has 5 heteroatoms. The number of carbonyl (C=O) groups excluding carboxylic acids is 2. The fourth-order valence-electron chi connectivity index (χ4n) is 6.18. The minimum atomic E-state index is -0.422. The molecule has 0 bridgehead atoms. The van der Waals surface area contributed by atoms with E-state index < -0.39 is 6.10 Å². The van der Waals surface area contributed by atoms with Crippen LogP contribution in [-0.2, 0) is 20.7 Å². The monoisotopic (exact) mass is 372 g/mol. The predicted molar refractivity (Wildman–Crippen MR) is 99.3 cm³/mol. The highest BCUT2D eigenvalue weighted by Crippen LogP contribution is 2.61. The number of ether oxygens (including phenoxy) is 2. The number of aliphatic hydroxyl groups excluding tert-OH is 1. The first-order chi connectivity index (χ1) is 12.8.